The number of nitrogens with one attached hydrogen (secondary N) is 1. The molecule has 1 aromatic rings. The Hall–Kier alpha value is -0.980. The van der Waals surface area contributed by atoms with Crippen molar-refractivity contribution in [2.45, 2.75) is 32.7 Å². The van der Waals surface area contributed by atoms with Gasteiger partial charge in [0.15, 0.2) is 0 Å². The molecule has 0 saturated carbocycles. The summed E-state index contributed by atoms with van der Waals surface area (Å²) in [5.41, 5.74) is 6.45. The Bertz CT molecular complexity index is 463. The molecule has 1 aliphatic rings. The summed E-state index contributed by atoms with van der Waals surface area (Å²) in [6, 6.07) is -0.118. The van der Waals surface area contributed by atoms with Crippen LogP contribution in [0.4, 0.5) is 0 Å². The Morgan fingerprint density at radius 3 is 2.80 bits per heavy atom. The molecule has 1 amide bonds. The third kappa shape index (κ3) is 3.77. The van der Waals surface area contributed by atoms with E-state index in [1.807, 2.05) is 6.92 Å². The summed E-state index contributed by atoms with van der Waals surface area (Å²) >= 11 is 1.44. The van der Waals surface area contributed by atoms with Crippen molar-refractivity contribution < 1.29 is 4.79 Å². The van der Waals surface area contributed by atoms with Crippen molar-refractivity contribution in [2.24, 2.45) is 11.1 Å². The van der Waals surface area contributed by atoms with Crippen LogP contribution >= 0.6 is 11.3 Å². The second-order valence-electron chi connectivity index (χ2n) is 6.16. The lowest BCUT2D eigenvalue weighted by molar-refractivity contribution is 0.0887. The third-order valence-corrected chi connectivity index (χ3v) is 5.06. The number of rotatable bonds is 4. The van der Waals surface area contributed by atoms with E-state index in [9.17, 15) is 4.79 Å². The monoisotopic (exact) mass is 296 g/mol. The van der Waals surface area contributed by atoms with Gasteiger partial charge in [-0.1, -0.05) is 6.92 Å². The topological polar surface area (TPSA) is 71.2 Å². The maximum absolute atomic E-state index is 12.1. The third-order valence-electron chi connectivity index (χ3n) is 4.01. The van der Waals surface area contributed by atoms with E-state index in [0.717, 1.165) is 30.9 Å². The molecule has 1 aromatic heterocycles. The number of nitrogens with zero attached hydrogens (tertiary/aromatic N) is 2. The van der Waals surface area contributed by atoms with E-state index in [1.165, 1.54) is 11.3 Å². The fourth-order valence-corrected chi connectivity index (χ4v) is 3.08. The van der Waals surface area contributed by atoms with Crippen LogP contribution in [0.5, 0.6) is 0 Å². The van der Waals surface area contributed by atoms with Crippen LogP contribution in [0.25, 0.3) is 0 Å². The van der Waals surface area contributed by atoms with Crippen molar-refractivity contribution in [1.82, 2.24) is 15.2 Å². The summed E-state index contributed by atoms with van der Waals surface area (Å²) < 4.78 is 0. The van der Waals surface area contributed by atoms with E-state index in [2.05, 4.69) is 29.2 Å². The van der Waals surface area contributed by atoms with Gasteiger partial charge < -0.3 is 16.0 Å². The molecule has 3 N–H and O–H groups in total. The van der Waals surface area contributed by atoms with Crippen molar-refractivity contribution >= 4 is 17.2 Å². The second kappa shape index (κ2) is 6.20. The van der Waals surface area contributed by atoms with Crippen molar-refractivity contribution in [1.29, 1.82) is 0 Å². The first kappa shape index (κ1) is 15.4. The van der Waals surface area contributed by atoms with Crippen molar-refractivity contribution in [2.75, 3.05) is 26.7 Å². The van der Waals surface area contributed by atoms with Gasteiger partial charge in [0.05, 0.1) is 6.04 Å². The SMILES string of the molecule is CC(N)c1nc(C(=O)NCC2(C)CCN(C)CC2)cs1. The first-order valence-corrected chi connectivity index (χ1v) is 7.95. The van der Waals surface area contributed by atoms with Crippen molar-refractivity contribution in [3.8, 4) is 0 Å². The van der Waals surface area contributed by atoms with Gasteiger partial charge >= 0.3 is 0 Å². The fourth-order valence-electron chi connectivity index (χ4n) is 2.32. The van der Waals surface area contributed by atoms with Gasteiger partial charge in [-0.3, -0.25) is 4.79 Å². The fraction of sp³-hybridized carbons (Fsp3) is 0.714. The molecule has 2 heterocycles. The lowest BCUT2D eigenvalue weighted by Crippen LogP contribution is -2.43. The van der Waals surface area contributed by atoms with Crippen LogP contribution < -0.4 is 11.1 Å². The number of nitrogens with two attached hydrogens (primary N) is 1. The first-order chi connectivity index (χ1) is 9.39. The number of hydrogen-bond donors (Lipinski definition) is 2. The predicted octanol–water partition coefficient (Wildman–Crippen LogP) is 1.62. The average molecular weight is 296 g/mol. The Kier molecular flexibility index (Phi) is 4.78. The number of carbonyl (C=O) groups excluding carboxylic acids is 1. The lowest BCUT2D eigenvalue weighted by atomic mass is 9.80. The van der Waals surface area contributed by atoms with Crippen LogP contribution in [0.15, 0.2) is 5.38 Å². The van der Waals surface area contributed by atoms with Gasteiger partial charge in [0.1, 0.15) is 10.7 Å². The van der Waals surface area contributed by atoms with Crippen LogP contribution in [0, 0.1) is 5.41 Å². The Morgan fingerprint density at radius 2 is 2.25 bits per heavy atom. The van der Waals surface area contributed by atoms with Crippen LogP contribution in [0.2, 0.25) is 0 Å². The number of hydrogen-bond acceptors (Lipinski definition) is 5. The van der Waals surface area contributed by atoms with Gasteiger partial charge in [-0.15, -0.1) is 11.3 Å². The zero-order valence-electron chi connectivity index (χ0n) is 12.5. The van der Waals surface area contributed by atoms with Crippen LogP contribution in [0.1, 0.15) is 48.2 Å². The number of thiazole rings is 1. The Morgan fingerprint density at radius 1 is 1.60 bits per heavy atom. The molecule has 0 aliphatic carbocycles. The molecule has 0 radical (unpaired) electrons. The molecule has 1 saturated heterocycles. The van der Waals surface area contributed by atoms with Gasteiger partial charge in [0.2, 0.25) is 0 Å². The molecule has 20 heavy (non-hydrogen) atoms. The molecule has 0 bridgehead atoms. The average Bonchev–Trinajstić information content (AvgIpc) is 2.90. The normalized spacial score (nSPS) is 20.6. The largest absolute Gasteiger partial charge is 0.350 e. The summed E-state index contributed by atoms with van der Waals surface area (Å²) in [5, 5.41) is 5.61. The zero-order chi connectivity index (χ0) is 14.8. The molecule has 112 valence electrons. The summed E-state index contributed by atoms with van der Waals surface area (Å²) in [6.07, 6.45) is 2.23. The molecular formula is C14H24N4OS. The van der Waals surface area contributed by atoms with Crippen LogP contribution in [-0.2, 0) is 0 Å². The molecule has 2 rings (SSSR count). The molecule has 1 fully saturated rings. The van der Waals surface area contributed by atoms with Gasteiger partial charge in [0.25, 0.3) is 5.91 Å². The van der Waals surface area contributed by atoms with Gasteiger partial charge in [-0.25, -0.2) is 4.98 Å². The number of likely N-dealkylation sites (tertiary alicyclic amines) is 1. The number of amides is 1. The molecule has 5 nitrogen and oxygen atoms in total. The number of piperidine rings is 1. The summed E-state index contributed by atoms with van der Waals surface area (Å²) in [6.45, 7) is 7.02. The van der Waals surface area contributed by atoms with Gasteiger partial charge in [-0.05, 0) is 45.3 Å². The second-order valence-corrected chi connectivity index (χ2v) is 7.05. The predicted molar refractivity (Wildman–Crippen MR) is 81.9 cm³/mol. The summed E-state index contributed by atoms with van der Waals surface area (Å²) in [7, 11) is 2.14. The highest BCUT2D eigenvalue weighted by Crippen LogP contribution is 2.29. The van der Waals surface area contributed by atoms with Gasteiger partial charge in [0, 0.05) is 11.9 Å². The molecular weight excluding hydrogens is 272 g/mol. The van der Waals surface area contributed by atoms with E-state index in [1.54, 1.807) is 5.38 Å². The summed E-state index contributed by atoms with van der Waals surface area (Å²) in [5.74, 6) is -0.0895. The number of aromatic nitrogens is 1. The standard InChI is InChI=1S/C14H24N4OS/c1-10(15)13-17-11(8-20-13)12(19)16-9-14(2)4-6-18(3)7-5-14/h8,10H,4-7,9,15H2,1-3H3,(H,16,19). The summed E-state index contributed by atoms with van der Waals surface area (Å²) in [4.78, 5) is 18.7. The molecule has 6 heteroatoms. The Labute approximate surface area is 124 Å². The quantitative estimate of drug-likeness (QED) is 0.886. The zero-order valence-corrected chi connectivity index (χ0v) is 13.3. The van der Waals surface area contributed by atoms with E-state index < -0.39 is 0 Å². The molecule has 0 spiro atoms. The maximum Gasteiger partial charge on any atom is 0.270 e. The van der Waals surface area contributed by atoms with E-state index in [0.29, 0.717) is 12.2 Å². The minimum absolute atomic E-state index is 0.0895. The van der Waals surface area contributed by atoms with Crippen LogP contribution in [-0.4, -0.2) is 42.5 Å². The van der Waals surface area contributed by atoms with Crippen LogP contribution in [0.3, 0.4) is 0 Å². The molecule has 1 atom stereocenters. The minimum Gasteiger partial charge on any atom is -0.350 e. The molecule has 1 aliphatic heterocycles. The lowest BCUT2D eigenvalue weighted by Gasteiger charge is -2.37. The minimum atomic E-state index is -0.118. The molecule has 1 unspecified atom stereocenters. The highest BCUT2D eigenvalue weighted by Gasteiger charge is 2.29. The van der Waals surface area contributed by atoms with Crippen molar-refractivity contribution in [3.63, 3.8) is 0 Å². The smallest absolute Gasteiger partial charge is 0.270 e. The Balaban J connectivity index is 1.88. The van der Waals surface area contributed by atoms with Crippen molar-refractivity contribution in [3.05, 3.63) is 16.1 Å². The highest BCUT2D eigenvalue weighted by atomic mass is 32.1. The van der Waals surface area contributed by atoms with E-state index in [-0.39, 0.29) is 17.4 Å². The maximum atomic E-state index is 12.1. The van der Waals surface area contributed by atoms with E-state index in [4.69, 9.17) is 5.73 Å². The number of carbonyl (C=O) groups is 1. The van der Waals surface area contributed by atoms with Gasteiger partial charge in [-0.2, -0.15) is 0 Å². The molecule has 0 aromatic carbocycles. The van der Waals surface area contributed by atoms with E-state index >= 15 is 0 Å². The first-order valence-electron chi connectivity index (χ1n) is 7.07. The highest BCUT2D eigenvalue weighted by molar-refractivity contribution is 7.09.